The number of amides is 1. The number of carboxylic acid groups (broad SMARTS) is 1. The average Bonchev–Trinajstić information content (AvgIpc) is 2.40. The van der Waals surface area contributed by atoms with Gasteiger partial charge in [0, 0.05) is 19.4 Å². The first-order valence-corrected chi connectivity index (χ1v) is 7.68. The van der Waals surface area contributed by atoms with Gasteiger partial charge in [-0.1, -0.05) is 20.3 Å². The van der Waals surface area contributed by atoms with Crippen LogP contribution in [0.2, 0.25) is 0 Å². The summed E-state index contributed by atoms with van der Waals surface area (Å²) in [5.41, 5.74) is 5.47. The second kappa shape index (κ2) is 11.7. The molecule has 5 heteroatoms. The Labute approximate surface area is 122 Å². The van der Waals surface area contributed by atoms with Gasteiger partial charge in [-0.2, -0.15) is 0 Å². The third kappa shape index (κ3) is 10.8. The number of nitrogens with one attached hydrogen (secondary N) is 1. The molecule has 0 fully saturated rings. The molecule has 0 aliphatic rings. The summed E-state index contributed by atoms with van der Waals surface area (Å²) in [6.45, 7) is 5.48. The van der Waals surface area contributed by atoms with Gasteiger partial charge in [0.1, 0.15) is 0 Å². The Balaban J connectivity index is 3.69. The van der Waals surface area contributed by atoms with Crippen molar-refractivity contribution in [2.75, 3.05) is 13.1 Å². The van der Waals surface area contributed by atoms with Crippen molar-refractivity contribution in [3.8, 4) is 0 Å². The molecule has 2 atom stereocenters. The number of hydrogen-bond acceptors (Lipinski definition) is 3. The molecule has 0 saturated carbocycles. The number of nitrogens with two attached hydrogens (primary N) is 1. The lowest BCUT2D eigenvalue weighted by molar-refractivity contribution is -0.137. The summed E-state index contributed by atoms with van der Waals surface area (Å²) in [6, 6.07) is 0. The summed E-state index contributed by atoms with van der Waals surface area (Å²) >= 11 is 0. The van der Waals surface area contributed by atoms with E-state index in [4.69, 9.17) is 10.8 Å². The third-order valence-electron chi connectivity index (χ3n) is 3.74. The second-order valence-electron chi connectivity index (χ2n) is 5.57. The van der Waals surface area contributed by atoms with E-state index in [1.807, 2.05) is 0 Å². The Morgan fingerprint density at radius 1 is 1.15 bits per heavy atom. The molecule has 20 heavy (non-hydrogen) atoms. The molecule has 118 valence electrons. The normalized spacial score (nSPS) is 13.8. The van der Waals surface area contributed by atoms with Crippen LogP contribution in [0.4, 0.5) is 0 Å². The first kappa shape index (κ1) is 18.9. The number of rotatable bonds is 12. The van der Waals surface area contributed by atoms with Crippen LogP contribution in [0.3, 0.4) is 0 Å². The number of carboxylic acids is 1. The van der Waals surface area contributed by atoms with Crippen LogP contribution < -0.4 is 11.1 Å². The minimum atomic E-state index is -0.749. The van der Waals surface area contributed by atoms with Gasteiger partial charge in [0.05, 0.1) is 0 Å². The summed E-state index contributed by atoms with van der Waals surface area (Å²) < 4.78 is 0. The van der Waals surface area contributed by atoms with Crippen molar-refractivity contribution in [2.24, 2.45) is 17.6 Å². The second-order valence-corrected chi connectivity index (χ2v) is 5.57. The standard InChI is InChI=1S/C15H30N2O3/c1-3-13(5-7-15(19)20)9-11-17-14(18)6-4-12(2)8-10-16/h12-13H,3-11,16H2,1-2H3,(H,17,18)(H,19,20). The topological polar surface area (TPSA) is 92.4 Å². The number of carbonyl (C=O) groups excluding carboxylic acids is 1. The Bertz CT molecular complexity index is 282. The van der Waals surface area contributed by atoms with E-state index in [-0.39, 0.29) is 12.3 Å². The SMILES string of the molecule is CCC(CCNC(=O)CCC(C)CCN)CCC(=O)O. The molecule has 0 rings (SSSR count). The third-order valence-corrected chi connectivity index (χ3v) is 3.74. The van der Waals surface area contributed by atoms with E-state index in [2.05, 4.69) is 19.2 Å². The molecular formula is C15H30N2O3. The van der Waals surface area contributed by atoms with Crippen molar-refractivity contribution < 1.29 is 14.7 Å². The van der Waals surface area contributed by atoms with Crippen molar-refractivity contribution in [1.29, 1.82) is 0 Å². The molecule has 0 aliphatic carbocycles. The van der Waals surface area contributed by atoms with Crippen molar-refractivity contribution in [2.45, 2.75) is 58.8 Å². The van der Waals surface area contributed by atoms with Crippen molar-refractivity contribution in [3.63, 3.8) is 0 Å². The predicted octanol–water partition coefficient (Wildman–Crippen LogP) is 2.15. The zero-order valence-corrected chi connectivity index (χ0v) is 12.9. The van der Waals surface area contributed by atoms with E-state index in [0.29, 0.717) is 37.8 Å². The van der Waals surface area contributed by atoms with Gasteiger partial charge in [-0.3, -0.25) is 9.59 Å². The molecule has 1 amide bonds. The maximum atomic E-state index is 11.7. The maximum absolute atomic E-state index is 11.7. The highest BCUT2D eigenvalue weighted by Gasteiger charge is 2.10. The first-order chi connectivity index (χ1) is 9.49. The molecule has 0 aromatic rings. The molecule has 0 radical (unpaired) electrons. The highest BCUT2D eigenvalue weighted by Crippen LogP contribution is 2.14. The Morgan fingerprint density at radius 3 is 2.40 bits per heavy atom. The van der Waals surface area contributed by atoms with Crippen molar-refractivity contribution >= 4 is 11.9 Å². The van der Waals surface area contributed by atoms with Crippen LogP contribution in [-0.4, -0.2) is 30.1 Å². The highest BCUT2D eigenvalue weighted by molar-refractivity contribution is 5.75. The average molecular weight is 286 g/mol. The van der Waals surface area contributed by atoms with E-state index < -0.39 is 5.97 Å². The Morgan fingerprint density at radius 2 is 1.85 bits per heavy atom. The quantitative estimate of drug-likeness (QED) is 0.512. The fraction of sp³-hybridized carbons (Fsp3) is 0.867. The summed E-state index contributed by atoms with van der Waals surface area (Å²) in [5, 5.41) is 11.6. The summed E-state index contributed by atoms with van der Waals surface area (Å²) in [7, 11) is 0. The molecule has 0 saturated heterocycles. The molecule has 0 spiro atoms. The Kier molecular flexibility index (Phi) is 11.1. The van der Waals surface area contributed by atoms with E-state index in [0.717, 1.165) is 25.7 Å². The zero-order valence-electron chi connectivity index (χ0n) is 12.9. The molecule has 0 aliphatic heterocycles. The van der Waals surface area contributed by atoms with Crippen molar-refractivity contribution in [3.05, 3.63) is 0 Å². The minimum absolute atomic E-state index is 0.0851. The fourth-order valence-corrected chi connectivity index (χ4v) is 2.19. The van der Waals surface area contributed by atoms with Gasteiger partial charge >= 0.3 is 5.97 Å². The molecule has 0 bridgehead atoms. The van der Waals surface area contributed by atoms with Crippen LogP contribution in [0.5, 0.6) is 0 Å². The molecule has 2 unspecified atom stereocenters. The van der Waals surface area contributed by atoms with Gasteiger partial charge in [-0.25, -0.2) is 0 Å². The number of aliphatic carboxylic acids is 1. The van der Waals surface area contributed by atoms with Crippen LogP contribution in [0.25, 0.3) is 0 Å². The van der Waals surface area contributed by atoms with Gasteiger partial charge in [-0.15, -0.1) is 0 Å². The summed E-state index contributed by atoms with van der Waals surface area (Å²) in [4.78, 5) is 22.2. The molecule has 0 aromatic carbocycles. The zero-order chi connectivity index (χ0) is 15.4. The van der Waals surface area contributed by atoms with Gasteiger partial charge in [-0.05, 0) is 44.1 Å². The van der Waals surface area contributed by atoms with Gasteiger partial charge in [0.2, 0.25) is 5.91 Å². The van der Waals surface area contributed by atoms with E-state index >= 15 is 0 Å². The van der Waals surface area contributed by atoms with Gasteiger partial charge in [0.15, 0.2) is 0 Å². The molecule has 5 nitrogen and oxygen atoms in total. The lowest BCUT2D eigenvalue weighted by Gasteiger charge is -2.14. The van der Waals surface area contributed by atoms with Crippen LogP contribution in [0, 0.1) is 11.8 Å². The Hall–Kier alpha value is -1.10. The fourth-order valence-electron chi connectivity index (χ4n) is 2.19. The predicted molar refractivity (Wildman–Crippen MR) is 80.3 cm³/mol. The minimum Gasteiger partial charge on any atom is -0.481 e. The number of hydrogen-bond donors (Lipinski definition) is 3. The molecule has 4 N–H and O–H groups in total. The monoisotopic (exact) mass is 286 g/mol. The summed E-state index contributed by atoms with van der Waals surface area (Å²) in [5.74, 6) is 0.204. The van der Waals surface area contributed by atoms with Crippen LogP contribution in [-0.2, 0) is 9.59 Å². The maximum Gasteiger partial charge on any atom is 0.303 e. The van der Waals surface area contributed by atoms with Gasteiger partial charge < -0.3 is 16.2 Å². The first-order valence-electron chi connectivity index (χ1n) is 7.68. The highest BCUT2D eigenvalue weighted by atomic mass is 16.4. The van der Waals surface area contributed by atoms with Crippen LogP contribution >= 0.6 is 0 Å². The molecular weight excluding hydrogens is 256 g/mol. The lowest BCUT2D eigenvalue weighted by Crippen LogP contribution is -2.26. The molecule has 0 heterocycles. The largest absolute Gasteiger partial charge is 0.481 e. The van der Waals surface area contributed by atoms with E-state index in [1.54, 1.807) is 0 Å². The van der Waals surface area contributed by atoms with E-state index in [9.17, 15) is 9.59 Å². The summed E-state index contributed by atoms with van der Waals surface area (Å²) in [6.07, 6.45) is 5.09. The van der Waals surface area contributed by atoms with Gasteiger partial charge in [0.25, 0.3) is 0 Å². The van der Waals surface area contributed by atoms with Crippen LogP contribution in [0.1, 0.15) is 58.8 Å². The smallest absolute Gasteiger partial charge is 0.303 e. The number of carbonyl (C=O) groups is 2. The van der Waals surface area contributed by atoms with E-state index in [1.165, 1.54) is 0 Å². The van der Waals surface area contributed by atoms with Crippen molar-refractivity contribution in [1.82, 2.24) is 5.32 Å². The lowest BCUT2D eigenvalue weighted by atomic mass is 9.96. The molecule has 0 aromatic heterocycles. The van der Waals surface area contributed by atoms with Crippen LogP contribution in [0.15, 0.2) is 0 Å².